The minimum Gasteiger partial charge on any atom is -0.469 e. The molecule has 2 aromatic rings. The lowest BCUT2D eigenvalue weighted by atomic mass is 9.73. The number of rotatable bonds is 8. The predicted molar refractivity (Wildman–Crippen MR) is 125 cm³/mol. The van der Waals surface area contributed by atoms with E-state index in [9.17, 15) is 9.59 Å². The minimum atomic E-state index is -0.335. The molecule has 5 nitrogen and oxygen atoms in total. The summed E-state index contributed by atoms with van der Waals surface area (Å²) in [7, 11) is 1.38. The summed E-state index contributed by atoms with van der Waals surface area (Å²) in [5, 5.41) is 4.33. The summed E-state index contributed by atoms with van der Waals surface area (Å²) in [4.78, 5) is 25.4. The fourth-order valence-electron chi connectivity index (χ4n) is 5.18. The van der Waals surface area contributed by atoms with Gasteiger partial charge in [-0.3, -0.25) is 9.59 Å². The van der Waals surface area contributed by atoms with Crippen LogP contribution in [0.2, 0.25) is 0 Å². The Hall–Kier alpha value is -2.43. The lowest BCUT2D eigenvalue weighted by molar-refractivity contribution is -0.141. The van der Waals surface area contributed by atoms with Gasteiger partial charge in [-0.1, -0.05) is 12.1 Å². The number of carbonyl (C=O) groups is 2. The molecule has 0 amide bonds. The zero-order valence-electron chi connectivity index (χ0n) is 20.8. The highest BCUT2D eigenvalue weighted by Gasteiger charge is 2.34. The third-order valence-corrected chi connectivity index (χ3v) is 7.77. The van der Waals surface area contributed by atoms with E-state index in [1.54, 1.807) is 0 Å². The number of benzene rings is 1. The van der Waals surface area contributed by atoms with Gasteiger partial charge in [0.2, 0.25) is 0 Å². The summed E-state index contributed by atoms with van der Waals surface area (Å²) in [5.41, 5.74) is 8.96. The molecule has 1 atom stereocenters. The third-order valence-electron chi connectivity index (χ3n) is 7.77. The van der Waals surface area contributed by atoms with E-state index in [0.29, 0.717) is 18.3 Å². The predicted octanol–water partition coefficient (Wildman–Crippen LogP) is 5.89. The van der Waals surface area contributed by atoms with E-state index < -0.39 is 0 Å². The molecule has 0 N–H and O–H groups in total. The highest BCUT2D eigenvalue weighted by atomic mass is 16.5. The Labute approximate surface area is 191 Å². The number of carbonyl (C=O) groups excluding carboxylic acids is 2. The Bertz CT molecular complexity index is 998. The van der Waals surface area contributed by atoms with Crippen molar-refractivity contribution in [3.05, 3.63) is 50.4 Å². The maximum Gasteiger partial charge on any atom is 0.306 e. The number of ketones is 1. The molecule has 3 rings (SSSR count). The second-order valence-corrected chi connectivity index (χ2v) is 9.83. The van der Waals surface area contributed by atoms with Crippen molar-refractivity contribution in [1.82, 2.24) is 5.16 Å². The Morgan fingerprint density at radius 2 is 1.50 bits per heavy atom. The number of nitrogens with zero attached hydrogens (tertiary/aromatic N) is 1. The number of ether oxygens (including phenoxy) is 1. The van der Waals surface area contributed by atoms with Crippen LogP contribution < -0.4 is 0 Å². The van der Waals surface area contributed by atoms with Crippen molar-refractivity contribution in [2.75, 3.05) is 7.11 Å². The van der Waals surface area contributed by atoms with Crippen LogP contribution in [-0.2, 0) is 20.7 Å². The number of aromatic nitrogens is 1. The van der Waals surface area contributed by atoms with Crippen LogP contribution in [0, 0.1) is 47.5 Å². The van der Waals surface area contributed by atoms with Gasteiger partial charge in [0.1, 0.15) is 11.5 Å². The summed E-state index contributed by atoms with van der Waals surface area (Å²) >= 11 is 0. The lowest BCUT2D eigenvalue weighted by Gasteiger charge is -2.30. The first-order valence-corrected chi connectivity index (χ1v) is 11.6. The molecule has 0 spiro atoms. The van der Waals surface area contributed by atoms with Crippen LogP contribution in [0.3, 0.4) is 0 Å². The maximum atomic E-state index is 13.2. The molecule has 0 aliphatic heterocycles. The first-order chi connectivity index (χ1) is 15.0. The molecule has 1 aromatic heterocycles. The van der Waals surface area contributed by atoms with Crippen LogP contribution in [0.4, 0.5) is 0 Å². The van der Waals surface area contributed by atoms with Gasteiger partial charge in [-0.2, -0.15) is 0 Å². The van der Waals surface area contributed by atoms with Crippen LogP contribution in [0.5, 0.6) is 0 Å². The molecule has 0 saturated heterocycles. The van der Waals surface area contributed by atoms with Crippen LogP contribution in [0.15, 0.2) is 4.52 Å². The average Bonchev–Trinajstić information content (AvgIpc) is 3.11. The molecule has 0 bridgehead atoms. The Morgan fingerprint density at radius 1 is 0.938 bits per heavy atom. The van der Waals surface area contributed by atoms with E-state index in [4.69, 9.17) is 9.26 Å². The van der Waals surface area contributed by atoms with Crippen molar-refractivity contribution in [2.24, 2.45) is 5.92 Å². The summed E-state index contributed by atoms with van der Waals surface area (Å²) in [5.74, 6) is 1.44. The smallest absolute Gasteiger partial charge is 0.306 e. The van der Waals surface area contributed by atoms with E-state index in [0.717, 1.165) is 35.4 Å². The van der Waals surface area contributed by atoms with Gasteiger partial charge in [0.25, 0.3) is 0 Å². The Kier molecular flexibility index (Phi) is 7.26. The van der Waals surface area contributed by atoms with Crippen molar-refractivity contribution in [2.45, 2.75) is 92.4 Å². The van der Waals surface area contributed by atoms with Crippen LogP contribution in [0.1, 0.15) is 94.8 Å². The molecule has 1 aromatic carbocycles. The van der Waals surface area contributed by atoms with E-state index in [1.807, 2.05) is 6.92 Å². The zero-order valence-corrected chi connectivity index (χ0v) is 20.8. The number of hydrogen-bond acceptors (Lipinski definition) is 5. The number of hydrogen-bond donors (Lipinski definition) is 0. The quantitative estimate of drug-likeness (QED) is 0.480. The molecule has 1 aliphatic rings. The number of Topliss-reactive ketones (excluding diaryl/α,β-unsaturated/α-hetero) is 1. The molecule has 0 unspecified atom stereocenters. The topological polar surface area (TPSA) is 69.4 Å². The van der Waals surface area contributed by atoms with E-state index in [-0.39, 0.29) is 30.5 Å². The van der Waals surface area contributed by atoms with Crippen molar-refractivity contribution in [3.63, 3.8) is 0 Å². The van der Waals surface area contributed by atoms with Gasteiger partial charge in [-0.15, -0.1) is 0 Å². The summed E-state index contributed by atoms with van der Waals surface area (Å²) in [6, 6.07) is 0. The summed E-state index contributed by atoms with van der Waals surface area (Å²) in [6.45, 7) is 14.8. The van der Waals surface area contributed by atoms with Crippen LogP contribution in [-0.4, -0.2) is 24.0 Å². The Balaban J connectivity index is 1.84. The molecule has 5 heteroatoms. The molecule has 1 saturated carbocycles. The van der Waals surface area contributed by atoms with Crippen molar-refractivity contribution in [3.8, 4) is 0 Å². The Morgan fingerprint density at radius 3 is 2.03 bits per heavy atom. The summed E-state index contributed by atoms with van der Waals surface area (Å²) in [6.07, 6.45) is 2.93. The normalized spacial score (nSPS) is 18.9. The fraction of sp³-hybridized carbons (Fsp3) is 0.593. The molecule has 1 heterocycles. The van der Waals surface area contributed by atoms with Crippen LogP contribution >= 0.6 is 0 Å². The van der Waals surface area contributed by atoms with E-state index in [2.05, 4.69) is 46.7 Å². The van der Waals surface area contributed by atoms with Gasteiger partial charge in [0.15, 0.2) is 0 Å². The lowest BCUT2D eigenvalue weighted by Crippen LogP contribution is -2.19. The molecule has 174 valence electrons. The van der Waals surface area contributed by atoms with Crippen molar-refractivity contribution < 1.29 is 18.8 Å². The molecule has 32 heavy (non-hydrogen) atoms. The first kappa shape index (κ1) is 24.2. The molecular formula is C27H37NO4. The standard InChI is InChI=1S/C27H37NO4/c1-14-9-22(10-14)27-20(7)26(28-32-27)21(12-25(30)31-8)11-23(29)13-24-18(5)16(3)15(2)17(4)19(24)6/h14,21-22H,9-13H2,1-8H3/t14?,21-,22?/m0/s1. The third kappa shape index (κ3) is 4.67. The highest BCUT2D eigenvalue weighted by Crippen LogP contribution is 2.44. The second-order valence-electron chi connectivity index (χ2n) is 9.83. The number of esters is 1. The van der Waals surface area contributed by atoms with Crippen molar-refractivity contribution >= 4 is 11.8 Å². The highest BCUT2D eigenvalue weighted by molar-refractivity contribution is 5.83. The average molecular weight is 440 g/mol. The van der Waals surface area contributed by atoms with Gasteiger partial charge < -0.3 is 9.26 Å². The zero-order chi connectivity index (χ0) is 23.7. The van der Waals surface area contributed by atoms with Crippen LogP contribution in [0.25, 0.3) is 0 Å². The second kappa shape index (κ2) is 9.60. The summed E-state index contributed by atoms with van der Waals surface area (Å²) < 4.78 is 10.6. The monoisotopic (exact) mass is 439 g/mol. The maximum absolute atomic E-state index is 13.2. The molecular weight excluding hydrogens is 402 g/mol. The van der Waals surface area contributed by atoms with E-state index in [1.165, 1.54) is 34.9 Å². The van der Waals surface area contributed by atoms with Gasteiger partial charge in [0, 0.05) is 30.2 Å². The SMILES string of the molecule is COC(=O)C[C@H](CC(=O)Cc1c(C)c(C)c(C)c(C)c1C)c1noc(C2CC(C)C2)c1C. The minimum absolute atomic E-state index is 0.106. The van der Waals surface area contributed by atoms with Gasteiger partial charge in [-0.05, 0) is 93.7 Å². The van der Waals surface area contributed by atoms with Crippen molar-refractivity contribution in [1.29, 1.82) is 0 Å². The van der Waals surface area contributed by atoms with Gasteiger partial charge in [0.05, 0.1) is 19.2 Å². The fourth-order valence-corrected chi connectivity index (χ4v) is 5.18. The number of methoxy groups -OCH3 is 1. The van der Waals surface area contributed by atoms with Gasteiger partial charge >= 0.3 is 5.97 Å². The molecule has 1 fully saturated rings. The molecule has 0 radical (unpaired) electrons. The molecule has 1 aliphatic carbocycles. The van der Waals surface area contributed by atoms with Gasteiger partial charge in [-0.25, -0.2) is 0 Å². The first-order valence-electron chi connectivity index (χ1n) is 11.6. The van der Waals surface area contributed by atoms with E-state index >= 15 is 0 Å². The largest absolute Gasteiger partial charge is 0.469 e.